The summed E-state index contributed by atoms with van der Waals surface area (Å²) in [5.41, 5.74) is 0. The largest absolute Gasteiger partial charge is 0.396 e. The topological polar surface area (TPSA) is 104 Å². The number of rotatable bonds is 4. The fourth-order valence-electron chi connectivity index (χ4n) is 2.80. The Morgan fingerprint density at radius 3 is 2.65 bits per heavy atom. The van der Waals surface area contributed by atoms with Crippen LogP contribution in [0.1, 0.15) is 25.7 Å². The standard InChI is InChI=1S/C11H22N2O5S2/c14-8-10-3-1-5-13(7-10)20(17,18)12-11-4-2-6-19(15,16)9-11/h10-12,14H,1-9H2. The van der Waals surface area contributed by atoms with Crippen LogP contribution >= 0.6 is 0 Å². The monoisotopic (exact) mass is 326 g/mol. The Hall–Kier alpha value is -0.220. The summed E-state index contributed by atoms with van der Waals surface area (Å²) in [4.78, 5) is 0. The van der Waals surface area contributed by atoms with E-state index >= 15 is 0 Å². The molecule has 2 fully saturated rings. The summed E-state index contributed by atoms with van der Waals surface area (Å²) in [6.07, 6.45) is 2.58. The van der Waals surface area contributed by atoms with Gasteiger partial charge in [-0.2, -0.15) is 17.4 Å². The molecular weight excluding hydrogens is 304 g/mol. The van der Waals surface area contributed by atoms with E-state index in [2.05, 4.69) is 4.72 Å². The number of hydrogen-bond acceptors (Lipinski definition) is 5. The normalized spacial score (nSPS) is 32.0. The molecule has 2 heterocycles. The second-order valence-corrected chi connectivity index (χ2v) is 9.56. The maximum Gasteiger partial charge on any atom is 0.279 e. The molecule has 0 aliphatic carbocycles. The molecule has 7 nitrogen and oxygen atoms in total. The van der Waals surface area contributed by atoms with E-state index < -0.39 is 26.1 Å². The van der Waals surface area contributed by atoms with Crippen LogP contribution in [0.3, 0.4) is 0 Å². The van der Waals surface area contributed by atoms with Crippen LogP contribution in [-0.2, 0) is 20.0 Å². The first-order valence-corrected chi connectivity index (χ1v) is 10.2. The Morgan fingerprint density at radius 1 is 1.25 bits per heavy atom. The van der Waals surface area contributed by atoms with Gasteiger partial charge in [-0.3, -0.25) is 0 Å². The van der Waals surface area contributed by atoms with Crippen LogP contribution in [0.5, 0.6) is 0 Å². The first kappa shape index (κ1) is 16.2. The zero-order chi connectivity index (χ0) is 14.8. The van der Waals surface area contributed by atoms with Gasteiger partial charge in [0.1, 0.15) is 0 Å². The molecule has 0 amide bonds. The third kappa shape index (κ3) is 4.14. The highest BCUT2D eigenvalue weighted by atomic mass is 32.2. The van der Waals surface area contributed by atoms with Crippen molar-refractivity contribution in [1.29, 1.82) is 0 Å². The number of nitrogens with zero attached hydrogens (tertiary/aromatic N) is 1. The van der Waals surface area contributed by atoms with Gasteiger partial charge in [-0.05, 0) is 31.6 Å². The molecule has 2 aliphatic rings. The van der Waals surface area contributed by atoms with Gasteiger partial charge in [0.15, 0.2) is 9.84 Å². The Labute approximate surface area is 120 Å². The summed E-state index contributed by atoms with van der Waals surface area (Å²) in [5, 5.41) is 9.14. The SMILES string of the molecule is O=S1(=O)CCCC(NS(=O)(=O)N2CCCC(CO)C2)C1. The van der Waals surface area contributed by atoms with Crippen molar-refractivity contribution in [3.05, 3.63) is 0 Å². The lowest BCUT2D eigenvalue weighted by atomic mass is 10.0. The average molecular weight is 326 g/mol. The van der Waals surface area contributed by atoms with Gasteiger partial charge in [-0.15, -0.1) is 0 Å². The summed E-state index contributed by atoms with van der Waals surface area (Å²) >= 11 is 0. The highest BCUT2D eigenvalue weighted by molar-refractivity contribution is 7.91. The van der Waals surface area contributed by atoms with Crippen molar-refractivity contribution >= 4 is 20.0 Å². The fourth-order valence-corrected chi connectivity index (χ4v) is 6.08. The first-order valence-electron chi connectivity index (χ1n) is 6.91. The lowest BCUT2D eigenvalue weighted by Crippen LogP contribution is -2.52. The molecule has 2 atom stereocenters. The number of aliphatic hydroxyl groups is 1. The van der Waals surface area contributed by atoms with Crippen molar-refractivity contribution in [2.45, 2.75) is 31.7 Å². The maximum absolute atomic E-state index is 12.3. The summed E-state index contributed by atoms with van der Waals surface area (Å²) in [7, 11) is -6.80. The molecule has 0 saturated carbocycles. The number of aliphatic hydroxyl groups excluding tert-OH is 1. The minimum atomic E-state index is -3.67. The van der Waals surface area contributed by atoms with Gasteiger partial charge in [0.25, 0.3) is 10.2 Å². The van der Waals surface area contributed by atoms with Crippen LogP contribution in [-0.4, -0.2) is 63.5 Å². The Balaban J connectivity index is 2.00. The second kappa shape index (κ2) is 6.27. The van der Waals surface area contributed by atoms with Crippen molar-refractivity contribution in [2.24, 2.45) is 5.92 Å². The van der Waals surface area contributed by atoms with E-state index in [1.54, 1.807) is 0 Å². The van der Waals surface area contributed by atoms with E-state index in [0.29, 0.717) is 25.9 Å². The smallest absolute Gasteiger partial charge is 0.279 e. The molecule has 9 heteroatoms. The summed E-state index contributed by atoms with van der Waals surface area (Å²) in [6, 6.07) is -0.534. The van der Waals surface area contributed by atoms with Crippen LogP contribution in [0.4, 0.5) is 0 Å². The van der Waals surface area contributed by atoms with Gasteiger partial charge < -0.3 is 5.11 Å². The molecule has 0 aromatic carbocycles. The summed E-state index contributed by atoms with van der Waals surface area (Å²) in [5.74, 6) is -0.0131. The van der Waals surface area contributed by atoms with E-state index in [9.17, 15) is 16.8 Å². The molecule has 20 heavy (non-hydrogen) atoms. The third-order valence-electron chi connectivity index (χ3n) is 3.86. The first-order chi connectivity index (χ1) is 9.32. The molecule has 0 radical (unpaired) electrons. The Morgan fingerprint density at radius 2 is 2.00 bits per heavy atom. The van der Waals surface area contributed by atoms with Crippen LogP contribution in [0.25, 0.3) is 0 Å². The maximum atomic E-state index is 12.3. The van der Waals surface area contributed by atoms with Gasteiger partial charge in [-0.1, -0.05) is 0 Å². The minimum Gasteiger partial charge on any atom is -0.396 e. The van der Waals surface area contributed by atoms with Crippen molar-refractivity contribution in [2.75, 3.05) is 31.2 Å². The molecule has 2 unspecified atom stereocenters. The van der Waals surface area contributed by atoms with E-state index in [0.717, 1.165) is 12.8 Å². The van der Waals surface area contributed by atoms with E-state index in [4.69, 9.17) is 5.11 Å². The molecule has 2 aliphatic heterocycles. The predicted octanol–water partition coefficient (Wildman–Crippen LogP) is -0.898. The summed E-state index contributed by atoms with van der Waals surface area (Å²) < 4.78 is 51.4. The average Bonchev–Trinajstić information content (AvgIpc) is 2.37. The minimum absolute atomic E-state index is 0.0240. The van der Waals surface area contributed by atoms with Gasteiger partial charge in [0, 0.05) is 25.7 Å². The highest BCUT2D eigenvalue weighted by Crippen LogP contribution is 2.19. The highest BCUT2D eigenvalue weighted by Gasteiger charge is 2.33. The van der Waals surface area contributed by atoms with Crippen molar-refractivity contribution < 1.29 is 21.9 Å². The van der Waals surface area contributed by atoms with Gasteiger partial charge in [-0.25, -0.2) is 8.42 Å². The molecule has 2 N–H and O–H groups in total. The molecule has 118 valence electrons. The number of hydrogen-bond donors (Lipinski definition) is 2. The number of piperidine rings is 1. The van der Waals surface area contributed by atoms with E-state index in [1.807, 2.05) is 0 Å². The zero-order valence-electron chi connectivity index (χ0n) is 11.4. The Bertz CT molecular complexity index is 531. The lowest BCUT2D eigenvalue weighted by Gasteiger charge is -2.33. The van der Waals surface area contributed by atoms with Crippen molar-refractivity contribution in [3.63, 3.8) is 0 Å². The fraction of sp³-hybridized carbons (Fsp3) is 1.00. The van der Waals surface area contributed by atoms with Crippen LogP contribution in [0, 0.1) is 5.92 Å². The van der Waals surface area contributed by atoms with Crippen molar-refractivity contribution in [1.82, 2.24) is 9.03 Å². The zero-order valence-corrected chi connectivity index (χ0v) is 13.0. The van der Waals surface area contributed by atoms with Crippen molar-refractivity contribution in [3.8, 4) is 0 Å². The second-order valence-electron chi connectivity index (χ2n) is 5.63. The van der Waals surface area contributed by atoms with Crippen LogP contribution in [0.15, 0.2) is 0 Å². The van der Waals surface area contributed by atoms with Crippen LogP contribution < -0.4 is 4.72 Å². The van der Waals surface area contributed by atoms with E-state index in [-0.39, 0.29) is 24.0 Å². The molecule has 0 aromatic heterocycles. The molecular formula is C11H22N2O5S2. The third-order valence-corrected chi connectivity index (χ3v) is 7.32. The van der Waals surface area contributed by atoms with Gasteiger partial charge in [0.05, 0.1) is 11.5 Å². The van der Waals surface area contributed by atoms with Crippen LogP contribution in [0.2, 0.25) is 0 Å². The molecule has 0 aromatic rings. The predicted molar refractivity (Wildman–Crippen MR) is 75.1 cm³/mol. The van der Waals surface area contributed by atoms with Gasteiger partial charge in [0.2, 0.25) is 0 Å². The molecule has 0 bridgehead atoms. The molecule has 2 saturated heterocycles. The molecule has 2 rings (SSSR count). The van der Waals surface area contributed by atoms with E-state index in [1.165, 1.54) is 4.31 Å². The summed E-state index contributed by atoms with van der Waals surface area (Å²) in [6.45, 7) is 0.695. The lowest BCUT2D eigenvalue weighted by molar-refractivity contribution is 0.164. The quantitative estimate of drug-likeness (QED) is 0.697. The number of nitrogens with one attached hydrogen (secondary N) is 1. The number of sulfone groups is 1. The van der Waals surface area contributed by atoms with Gasteiger partial charge >= 0.3 is 0 Å². The molecule has 0 spiro atoms. The Kier molecular flexibility index (Phi) is 5.06.